The van der Waals surface area contributed by atoms with Gasteiger partial charge in [0.05, 0.1) is 0 Å². The van der Waals surface area contributed by atoms with Gasteiger partial charge in [-0.25, -0.2) is 0 Å². The zero-order valence-corrected chi connectivity index (χ0v) is 12.6. The van der Waals surface area contributed by atoms with Crippen molar-refractivity contribution in [1.82, 2.24) is 0 Å². The summed E-state index contributed by atoms with van der Waals surface area (Å²) in [6.07, 6.45) is 0.0907. The fourth-order valence-corrected chi connectivity index (χ4v) is 2.21. The number of rotatable bonds is 5. The Labute approximate surface area is 118 Å². The number of aliphatic carboxylic acids is 1. The van der Waals surface area contributed by atoms with Gasteiger partial charge in [-0.05, 0) is 24.5 Å². The van der Waals surface area contributed by atoms with Gasteiger partial charge in [-0.15, -0.1) is 0 Å². The molecule has 0 aliphatic rings. The van der Waals surface area contributed by atoms with Crippen LogP contribution in [0.1, 0.15) is 18.1 Å². The average Bonchev–Trinajstić information content (AvgIpc) is 2.27. The molecule has 1 unspecified atom stereocenters. The van der Waals surface area contributed by atoms with Gasteiger partial charge in [0, 0.05) is 0 Å². The van der Waals surface area contributed by atoms with Crippen molar-refractivity contribution < 1.29 is 24.3 Å². The van der Waals surface area contributed by atoms with Gasteiger partial charge in [0.25, 0.3) is 0 Å². The summed E-state index contributed by atoms with van der Waals surface area (Å²) in [6, 6.07) is 5.32. The molecule has 1 aromatic rings. The average molecular weight is 352 g/mol. The highest BCUT2D eigenvalue weighted by Crippen LogP contribution is 2.60. The summed E-state index contributed by atoms with van der Waals surface area (Å²) in [5, 5.41) is 8.74. The van der Waals surface area contributed by atoms with Gasteiger partial charge in [-0.1, -0.05) is 40.2 Å². The summed E-state index contributed by atoms with van der Waals surface area (Å²) < 4.78 is 9.91. The van der Waals surface area contributed by atoms with Crippen LogP contribution in [0.25, 0.3) is 0 Å². The lowest BCUT2D eigenvalue weighted by atomic mass is 10.0. The molecule has 0 aliphatic heterocycles. The smallest absolute Gasteiger partial charge is 0.346 e. The van der Waals surface area contributed by atoms with Gasteiger partial charge in [-0.2, -0.15) is 0 Å². The van der Waals surface area contributed by atoms with E-state index in [4.69, 9.17) is 10.8 Å². The Hall–Kier alpha value is -0.720. The number of benzene rings is 1. The molecular formula is C11H15BrNO5P. The fourth-order valence-electron chi connectivity index (χ4n) is 1.49. The maximum atomic E-state index is 11.4. The Morgan fingerprint density at radius 3 is 2.58 bits per heavy atom. The first-order valence-electron chi connectivity index (χ1n) is 5.38. The third-order valence-corrected chi connectivity index (χ3v) is 5.97. The van der Waals surface area contributed by atoms with Crippen molar-refractivity contribution in [3.05, 3.63) is 35.4 Å². The Balaban J connectivity index is 3.08. The minimum absolute atomic E-state index is 0.0907. The lowest BCUT2D eigenvalue weighted by Gasteiger charge is -2.24. The van der Waals surface area contributed by atoms with E-state index in [0.717, 1.165) is 0 Å². The van der Waals surface area contributed by atoms with Crippen LogP contribution in [0.3, 0.4) is 0 Å². The number of hydrogen-bond donors (Lipinski definition) is 4. The zero-order chi connectivity index (χ0) is 14.8. The summed E-state index contributed by atoms with van der Waals surface area (Å²) in [5.41, 5.74) is 6.40. The van der Waals surface area contributed by atoms with Crippen LogP contribution in [0.2, 0.25) is 0 Å². The van der Waals surface area contributed by atoms with Gasteiger partial charge in [0.1, 0.15) is 10.1 Å². The first-order chi connectivity index (χ1) is 8.55. The van der Waals surface area contributed by atoms with Crippen LogP contribution in [0.5, 0.6) is 0 Å². The molecule has 0 spiro atoms. The summed E-state index contributed by atoms with van der Waals surface area (Å²) >= 11 is 3.03. The van der Waals surface area contributed by atoms with E-state index in [2.05, 4.69) is 15.9 Å². The Kier molecular flexibility index (Phi) is 4.92. The maximum absolute atomic E-state index is 11.4. The number of alkyl halides is 1. The van der Waals surface area contributed by atoms with E-state index < -0.39 is 23.7 Å². The van der Waals surface area contributed by atoms with E-state index >= 15 is 0 Å². The van der Waals surface area contributed by atoms with Gasteiger partial charge < -0.3 is 20.6 Å². The lowest BCUT2D eigenvalue weighted by Crippen LogP contribution is -2.32. The monoisotopic (exact) mass is 351 g/mol. The molecule has 1 aromatic carbocycles. The highest BCUT2D eigenvalue weighted by Gasteiger charge is 2.41. The van der Waals surface area contributed by atoms with E-state index in [1.165, 1.54) is 13.0 Å². The van der Waals surface area contributed by atoms with Gasteiger partial charge in [0.15, 0.2) is 0 Å². The van der Waals surface area contributed by atoms with Gasteiger partial charge in [-0.3, -0.25) is 9.36 Å². The first-order valence-corrected chi connectivity index (χ1v) is 7.78. The van der Waals surface area contributed by atoms with Crippen molar-refractivity contribution in [2.45, 2.75) is 23.5 Å². The van der Waals surface area contributed by atoms with Crippen molar-refractivity contribution >= 4 is 29.5 Å². The molecule has 0 radical (unpaired) electrons. The van der Waals surface area contributed by atoms with E-state index in [1.54, 1.807) is 18.2 Å². The van der Waals surface area contributed by atoms with Crippen LogP contribution in [-0.2, 0) is 19.8 Å². The molecule has 1 rings (SSSR count). The number of carboxylic acid groups (broad SMARTS) is 1. The van der Waals surface area contributed by atoms with Crippen molar-refractivity contribution in [3.8, 4) is 0 Å². The normalized spacial score (nSPS) is 16.7. The molecule has 0 aliphatic carbocycles. The predicted molar refractivity (Wildman–Crippen MR) is 74.1 cm³/mol. The molecule has 0 saturated heterocycles. The van der Waals surface area contributed by atoms with Crippen LogP contribution in [-0.4, -0.2) is 26.9 Å². The first kappa shape index (κ1) is 16.3. The Bertz CT molecular complexity index is 528. The fraction of sp³-hybridized carbons (Fsp3) is 0.364. The van der Waals surface area contributed by atoms with Crippen LogP contribution < -0.4 is 5.73 Å². The molecule has 0 heterocycles. The molecule has 2 atom stereocenters. The molecule has 0 amide bonds. The molecule has 0 bridgehead atoms. The number of nitrogens with two attached hydrogens (primary N) is 1. The summed E-state index contributed by atoms with van der Waals surface area (Å²) in [7, 11) is -4.39. The molecule has 0 saturated carbocycles. The second-order valence-corrected chi connectivity index (χ2v) is 8.53. The number of carbonyl (C=O) groups is 1. The molecular weight excluding hydrogens is 337 g/mol. The number of halogens is 1. The van der Waals surface area contributed by atoms with E-state index in [1.807, 2.05) is 0 Å². The van der Waals surface area contributed by atoms with Crippen molar-refractivity contribution in [1.29, 1.82) is 0 Å². The SMILES string of the molecule is CC(Br)(c1cccc(C[C@H](N)C(=O)O)c1)P(=O)(O)O. The van der Waals surface area contributed by atoms with Crippen LogP contribution in [0, 0.1) is 0 Å². The molecule has 0 fully saturated rings. The number of carboxylic acids is 1. The van der Waals surface area contributed by atoms with Crippen LogP contribution >= 0.6 is 23.5 Å². The topological polar surface area (TPSA) is 121 Å². The highest BCUT2D eigenvalue weighted by atomic mass is 79.9. The molecule has 0 aromatic heterocycles. The molecule has 6 nitrogen and oxygen atoms in total. The third kappa shape index (κ3) is 3.87. The Morgan fingerprint density at radius 1 is 1.53 bits per heavy atom. The minimum Gasteiger partial charge on any atom is -0.480 e. The maximum Gasteiger partial charge on any atom is 0.346 e. The van der Waals surface area contributed by atoms with E-state index in [9.17, 15) is 19.1 Å². The molecule has 19 heavy (non-hydrogen) atoms. The second-order valence-electron chi connectivity index (χ2n) is 4.35. The molecule has 106 valence electrons. The second kappa shape index (κ2) is 5.73. The zero-order valence-electron chi connectivity index (χ0n) is 10.2. The predicted octanol–water partition coefficient (Wildman–Crippen LogP) is 1.39. The van der Waals surface area contributed by atoms with Crippen molar-refractivity contribution in [2.24, 2.45) is 5.73 Å². The minimum atomic E-state index is -4.39. The van der Waals surface area contributed by atoms with Crippen LogP contribution in [0.15, 0.2) is 24.3 Å². The molecule has 8 heteroatoms. The van der Waals surface area contributed by atoms with E-state index in [-0.39, 0.29) is 6.42 Å². The standard InChI is InChI=1S/C11H15BrNO5P/c1-11(12,19(16,17)18)8-4-2-3-7(5-8)6-9(13)10(14)15/h2-5,9H,6,13H2,1H3,(H,14,15)(H2,16,17,18)/t9-,11?/m0/s1. The Morgan fingerprint density at radius 2 is 2.11 bits per heavy atom. The lowest BCUT2D eigenvalue weighted by molar-refractivity contribution is -0.138. The summed E-state index contributed by atoms with van der Waals surface area (Å²) in [6.45, 7) is 1.37. The van der Waals surface area contributed by atoms with E-state index in [0.29, 0.717) is 11.1 Å². The quantitative estimate of drug-likeness (QED) is 0.469. The molecule has 5 N–H and O–H groups in total. The van der Waals surface area contributed by atoms with Crippen LogP contribution in [0.4, 0.5) is 0 Å². The number of hydrogen-bond acceptors (Lipinski definition) is 3. The third-order valence-electron chi connectivity index (χ3n) is 2.77. The highest BCUT2D eigenvalue weighted by molar-refractivity contribution is 9.10. The summed E-state index contributed by atoms with van der Waals surface area (Å²) in [4.78, 5) is 29.3. The van der Waals surface area contributed by atoms with Crippen molar-refractivity contribution in [3.63, 3.8) is 0 Å². The van der Waals surface area contributed by atoms with Gasteiger partial charge >= 0.3 is 13.6 Å². The summed E-state index contributed by atoms with van der Waals surface area (Å²) in [5.74, 6) is -1.12. The van der Waals surface area contributed by atoms with Gasteiger partial charge in [0.2, 0.25) is 0 Å². The largest absolute Gasteiger partial charge is 0.480 e. The van der Waals surface area contributed by atoms with Crippen molar-refractivity contribution in [2.75, 3.05) is 0 Å².